The van der Waals surface area contributed by atoms with Crippen LogP contribution in [-0.4, -0.2) is 52.8 Å². The molecule has 0 spiro atoms. The molecule has 0 atom stereocenters. The van der Waals surface area contributed by atoms with Gasteiger partial charge in [0.25, 0.3) is 0 Å². The third kappa shape index (κ3) is 3.12. The highest BCUT2D eigenvalue weighted by Gasteiger charge is 2.93. The third-order valence-corrected chi connectivity index (χ3v) is 2.77. The molecule has 0 amide bonds. The Morgan fingerprint density at radius 1 is 0.538 bits per heavy atom. The molecule has 0 aromatic carbocycles. The monoisotopic (exact) mass is 428 g/mol. The van der Waals surface area contributed by atoms with Crippen molar-refractivity contribution in [3.63, 3.8) is 0 Å². The molecule has 0 saturated carbocycles. The Bertz CT molecular complexity index is 546. The summed E-state index contributed by atoms with van der Waals surface area (Å²) in [5.41, 5.74) is 0. The first-order valence-electron chi connectivity index (χ1n) is 5.47. The second kappa shape index (κ2) is 5.97. The number of carboxylic acid groups (broad SMARTS) is 1. The van der Waals surface area contributed by atoms with E-state index in [4.69, 9.17) is 5.11 Å². The topological polar surface area (TPSA) is 37.3 Å². The predicted octanol–water partition coefficient (Wildman–Crippen LogP) is 4.84. The normalized spacial score (nSPS) is 16.0. The Morgan fingerprint density at radius 3 is 1.08 bits per heavy atom. The summed E-state index contributed by atoms with van der Waals surface area (Å²) >= 11 is 0. The summed E-state index contributed by atoms with van der Waals surface area (Å²) in [6.07, 6.45) is -11.0. The highest BCUT2D eigenvalue weighted by atomic mass is 19.4. The van der Waals surface area contributed by atoms with Gasteiger partial charge in [0.15, 0.2) is 0 Å². The van der Waals surface area contributed by atoms with E-state index in [1.54, 1.807) is 0 Å². The van der Waals surface area contributed by atoms with Crippen molar-refractivity contribution in [2.45, 2.75) is 48.1 Å². The maximum absolute atomic E-state index is 13.0. The number of hydrogen-bond donors (Lipinski definition) is 1. The molecule has 0 rings (SSSR count). The van der Waals surface area contributed by atoms with Gasteiger partial charge in [-0.15, -0.1) is 0 Å². The molecule has 2 nitrogen and oxygen atoms in total. The summed E-state index contributed by atoms with van der Waals surface area (Å²) in [5.74, 6) is -50.6. The van der Waals surface area contributed by atoms with Gasteiger partial charge < -0.3 is 5.11 Å². The van der Waals surface area contributed by atoms with Crippen LogP contribution >= 0.6 is 0 Å². The smallest absolute Gasteiger partial charge is 0.460 e. The average molecular weight is 428 g/mol. The van der Waals surface area contributed by atoms with Gasteiger partial charge in [-0.2, -0.15) is 65.9 Å². The van der Waals surface area contributed by atoms with Crippen LogP contribution in [0.1, 0.15) is 6.42 Å². The Hall–Kier alpha value is -1.58. The van der Waals surface area contributed by atoms with Gasteiger partial charge >= 0.3 is 47.7 Å². The van der Waals surface area contributed by atoms with Gasteiger partial charge in [-0.1, -0.05) is 0 Å². The molecular formula is C9H3F15O2. The largest absolute Gasteiger partial charge is 0.481 e. The van der Waals surface area contributed by atoms with Crippen LogP contribution in [0.5, 0.6) is 0 Å². The lowest BCUT2D eigenvalue weighted by Crippen LogP contribution is -2.72. The number of alkyl halides is 15. The first-order valence-corrected chi connectivity index (χ1v) is 5.47. The fourth-order valence-corrected chi connectivity index (χ4v) is 1.30. The van der Waals surface area contributed by atoms with E-state index in [2.05, 4.69) is 0 Å². The van der Waals surface area contributed by atoms with E-state index >= 15 is 0 Å². The number of halogens is 15. The molecule has 17 heteroatoms. The van der Waals surface area contributed by atoms with E-state index in [0.717, 1.165) is 0 Å². The minimum atomic E-state index is -8.40. The van der Waals surface area contributed by atoms with Crippen molar-refractivity contribution >= 4 is 5.97 Å². The first-order chi connectivity index (χ1) is 10.9. The maximum atomic E-state index is 13.0. The molecule has 0 heterocycles. The highest BCUT2D eigenvalue weighted by Crippen LogP contribution is 2.62. The number of aliphatic carboxylic acids is 1. The lowest BCUT2D eigenvalue weighted by atomic mass is 9.90. The van der Waals surface area contributed by atoms with E-state index in [0.29, 0.717) is 0 Å². The first kappa shape index (κ1) is 24.4. The summed E-state index contributed by atoms with van der Waals surface area (Å²) < 4.78 is 189. The van der Waals surface area contributed by atoms with Crippen LogP contribution in [0.25, 0.3) is 0 Å². The average Bonchev–Trinajstić information content (AvgIpc) is 2.34. The Kier molecular flexibility index (Phi) is 5.60. The van der Waals surface area contributed by atoms with Crippen LogP contribution in [0.3, 0.4) is 0 Å². The second-order valence-corrected chi connectivity index (χ2v) is 4.64. The van der Waals surface area contributed by atoms with Crippen LogP contribution in [0.4, 0.5) is 65.9 Å². The molecule has 156 valence electrons. The lowest BCUT2D eigenvalue weighted by Gasteiger charge is -2.41. The number of carbonyl (C=O) groups is 1. The van der Waals surface area contributed by atoms with E-state index in [-0.39, 0.29) is 0 Å². The van der Waals surface area contributed by atoms with Crippen molar-refractivity contribution in [2.24, 2.45) is 0 Å². The minimum Gasteiger partial charge on any atom is -0.481 e. The fraction of sp³-hybridized carbons (Fsp3) is 0.889. The second-order valence-electron chi connectivity index (χ2n) is 4.64. The van der Waals surface area contributed by atoms with Gasteiger partial charge in [0.1, 0.15) is 6.42 Å². The van der Waals surface area contributed by atoms with Crippen molar-refractivity contribution in [3.05, 3.63) is 0 Å². The molecule has 0 aliphatic heterocycles. The molecule has 26 heavy (non-hydrogen) atoms. The quantitative estimate of drug-likeness (QED) is 0.590. The molecule has 0 fully saturated rings. The lowest BCUT2D eigenvalue weighted by molar-refractivity contribution is -0.452. The van der Waals surface area contributed by atoms with Gasteiger partial charge in [0.05, 0.1) is 0 Å². The van der Waals surface area contributed by atoms with Crippen molar-refractivity contribution < 1.29 is 75.8 Å². The van der Waals surface area contributed by atoms with Crippen LogP contribution in [0, 0.1) is 0 Å². The molecular weight excluding hydrogens is 425 g/mol. The zero-order valence-electron chi connectivity index (χ0n) is 11.2. The minimum absolute atomic E-state index is 3.04. The van der Waals surface area contributed by atoms with Crippen molar-refractivity contribution in [3.8, 4) is 0 Å². The fourth-order valence-electron chi connectivity index (χ4n) is 1.30. The van der Waals surface area contributed by atoms with Gasteiger partial charge in [0, 0.05) is 0 Å². The number of hydrogen-bond acceptors (Lipinski definition) is 1. The zero-order valence-corrected chi connectivity index (χ0v) is 11.2. The summed E-state index contributed by atoms with van der Waals surface area (Å²) in [7, 11) is 0. The highest BCUT2D eigenvalue weighted by molar-refractivity contribution is 5.68. The summed E-state index contributed by atoms with van der Waals surface area (Å²) in [5, 5.41) is 7.81. The number of rotatable bonds is 7. The van der Waals surface area contributed by atoms with E-state index in [9.17, 15) is 70.7 Å². The van der Waals surface area contributed by atoms with E-state index in [1.807, 2.05) is 0 Å². The molecule has 0 aliphatic rings. The maximum Gasteiger partial charge on any atom is 0.460 e. The standard InChI is InChI=1S/C9H3F15O2/c10-3(11,1-2(25)26)4(12,13)5(14,15)6(16,17)7(18,19)8(20,21)9(22,23)24/h1H2,(H,25,26). The molecule has 0 saturated heterocycles. The Morgan fingerprint density at radius 2 is 0.808 bits per heavy atom. The summed E-state index contributed by atoms with van der Waals surface area (Å²) in [6.45, 7) is 0. The van der Waals surface area contributed by atoms with Gasteiger partial charge in [-0.05, 0) is 0 Å². The molecule has 0 aromatic heterocycles. The van der Waals surface area contributed by atoms with Gasteiger partial charge in [-0.3, -0.25) is 4.79 Å². The van der Waals surface area contributed by atoms with Crippen LogP contribution in [0.2, 0.25) is 0 Å². The molecule has 0 unspecified atom stereocenters. The molecule has 0 aliphatic carbocycles. The van der Waals surface area contributed by atoms with Crippen LogP contribution in [0.15, 0.2) is 0 Å². The molecule has 0 aromatic rings. The van der Waals surface area contributed by atoms with Crippen LogP contribution < -0.4 is 0 Å². The third-order valence-electron chi connectivity index (χ3n) is 2.77. The van der Waals surface area contributed by atoms with Crippen LogP contribution in [-0.2, 0) is 4.79 Å². The SMILES string of the molecule is O=C(O)CC(F)(F)C(F)(F)C(F)(F)C(F)(F)C(F)(F)C(F)(F)C(F)(F)F. The van der Waals surface area contributed by atoms with Gasteiger partial charge in [-0.25, -0.2) is 0 Å². The summed E-state index contributed by atoms with van der Waals surface area (Å²) in [6, 6.07) is 0. The predicted molar refractivity (Wildman–Crippen MR) is 48.0 cm³/mol. The number of carboxylic acids is 1. The Balaban J connectivity index is 6.46. The zero-order chi connectivity index (χ0) is 21.8. The van der Waals surface area contributed by atoms with E-state index in [1.165, 1.54) is 0 Å². The molecule has 1 N–H and O–H groups in total. The van der Waals surface area contributed by atoms with Crippen molar-refractivity contribution in [1.82, 2.24) is 0 Å². The van der Waals surface area contributed by atoms with Crippen molar-refractivity contribution in [2.75, 3.05) is 0 Å². The Labute approximate surface area is 131 Å². The van der Waals surface area contributed by atoms with Gasteiger partial charge in [0.2, 0.25) is 0 Å². The van der Waals surface area contributed by atoms with Crippen molar-refractivity contribution in [1.29, 1.82) is 0 Å². The van der Waals surface area contributed by atoms with E-state index < -0.39 is 54.1 Å². The summed E-state index contributed by atoms with van der Waals surface area (Å²) in [4.78, 5) is 9.86. The molecule has 0 bridgehead atoms. The molecule has 0 radical (unpaired) electrons.